The van der Waals surface area contributed by atoms with E-state index in [1.807, 2.05) is 11.8 Å². The zero-order valence-electron chi connectivity index (χ0n) is 10.9. The van der Waals surface area contributed by atoms with Gasteiger partial charge in [0.05, 0.1) is 12.1 Å². The lowest BCUT2D eigenvalue weighted by Gasteiger charge is -2.21. The number of hydrogen-bond acceptors (Lipinski definition) is 2. The molecule has 1 amide bonds. The highest BCUT2D eigenvalue weighted by atomic mass is 19.1. The van der Waals surface area contributed by atoms with E-state index in [1.54, 1.807) is 0 Å². The summed E-state index contributed by atoms with van der Waals surface area (Å²) in [6.07, 6.45) is 2.09. The van der Waals surface area contributed by atoms with Gasteiger partial charge in [0.15, 0.2) is 0 Å². The van der Waals surface area contributed by atoms with E-state index in [-0.39, 0.29) is 12.5 Å². The summed E-state index contributed by atoms with van der Waals surface area (Å²) in [5, 5.41) is 0. The van der Waals surface area contributed by atoms with Crippen molar-refractivity contribution in [3.63, 3.8) is 0 Å². The van der Waals surface area contributed by atoms with Gasteiger partial charge < -0.3 is 10.6 Å². The minimum Gasteiger partial charge on any atom is -0.336 e. The molecule has 1 aliphatic rings. The Labute approximate surface area is 112 Å². The van der Waals surface area contributed by atoms with Gasteiger partial charge in [-0.05, 0) is 38.0 Å². The standard InChI is InChI=1S/C15H17FN2O/c1-2-18(13-6-7-13)15(19)14-8-5-12(16)10-11(14)4-3-9-17/h5,8,10,13H,2,6-7,9,17H2,1H3. The van der Waals surface area contributed by atoms with Crippen LogP contribution in [-0.4, -0.2) is 29.9 Å². The summed E-state index contributed by atoms with van der Waals surface area (Å²) < 4.78 is 13.3. The maximum Gasteiger partial charge on any atom is 0.255 e. The van der Waals surface area contributed by atoms with Gasteiger partial charge in [-0.1, -0.05) is 11.8 Å². The zero-order valence-corrected chi connectivity index (χ0v) is 10.9. The van der Waals surface area contributed by atoms with E-state index in [0.29, 0.717) is 23.7 Å². The van der Waals surface area contributed by atoms with E-state index < -0.39 is 5.82 Å². The first kappa shape index (κ1) is 13.6. The Balaban J connectivity index is 2.34. The molecule has 1 aromatic rings. The Bertz CT molecular complexity index is 541. The Kier molecular flexibility index (Phi) is 4.18. The van der Waals surface area contributed by atoms with Crippen molar-refractivity contribution in [2.45, 2.75) is 25.8 Å². The molecule has 1 saturated carbocycles. The smallest absolute Gasteiger partial charge is 0.255 e. The van der Waals surface area contributed by atoms with Crippen LogP contribution in [0.15, 0.2) is 18.2 Å². The second-order valence-electron chi connectivity index (χ2n) is 4.52. The van der Waals surface area contributed by atoms with E-state index in [9.17, 15) is 9.18 Å². The van der Waals surface area contributed by atoms with Crippen LogP contribution >= 0.6 is 0 Å². The molecule has 0 radical (unpaired) electrons. The largest absolute Gasteiger partial charge is 0.336 e. The van der Waals surface area contributed by atoms with Gasteiger partial charge in [-0.3, -0.25) is 4.79 Å². The molecule has 1 aliphatic carbocycles. The number of carbonyl (C=O) groups is 1. The molecule has 0 saturated heterocycles. The Morgan fingerprint density at radius 1 is 1.53 bits per heavy atom. The summed E-state index contributed by atoms with van der Waals surface area (Å²) >= 11 is 0. The summed E-state index contributed by atoms with van der Waals surface area (Å²) in [4.78, 5) is 14.3. The van der Waals surface area contributed by atoms with Crippen LogP contribution in [0.1, 0.15) is 35.7 Å². The number of nitrogens with zero attached hydrogens (tertiary/aromatic N) is 1. The second kappa shape index (κ2) is 5.85. The minimum absolute atomic E-state index is 0.0775. The van der Waals surface area contributed by atoms with Gasteiger partial charge in [0.1, 0.15) is 5.82 Å². The molecule has 2 rings (SSSR count). The quantitative estimate of drug-likeness (QED) is 0.842. The van der Waals surface area contributed by atoms with E-state index in [1.165, 1.54) is 18.2 Å². The fourth-order valence-corrected chi connectivity index (χ4v) is 2.06. The fraction of sp³-hybridized carbons (Fsp3) is 0.400. The molecule has 19 heavy (non-hydrogen) atoms. The number of halogens is 1. The van der Waals surface area contributed by atoms with E-state index >= 15 is 0 Å². The van der Waals surface area contributed by atoms with Crippen LogP contribution in [0.4, 0.5) is 4.39 Å². The van der Waals surface area contributed by atoms with Gasteiger partial charge >= 0.3 is 0 Å². The van der Waals surface area contributed by atoms with Crippen molar-refractivity contribution in [2.24, 2.45) is 5.73 Å². The number of carbonyl (C=O) groups excluding carboxylic acids is 1. The van der Waals surface area contributed by atoms with E-state index in [4.69, 9.17) is 5.73 Å². The lowest BCUT2D eigenvalue weighted by Crippen LogP contribution is -2.33. The fourth-order valence-electron chi connectivity index (χ4n) is 2.06. The third-order valence-corrected chi connectivity index (χ3v) is 3.13. The first-order chi connectivity index (χ1) is 9.17. The van der Waals surface area contributed by atoms with Crippen LogP contribution in [0.3, 0.4) is 0 Å². The van der Waals surface area contributed by atoms with Crippen LogP contribution in [0, 0.1) is 17.7 Å². The minimum atomic E-state index is -0.396. The van der Waals surface area contributed by atoms with Crippen molar-refractivity contribution in [3.05, 3.63) is 35.1 Å². The van der Waals surface area contributed by atoms with Crippen molar-refractivity contribution in [1.29, 1.82) is 0 Å². The topological polar surface area (TPSA) is 46.3 Å². The number of rotatable bonds is 3. The number of amides is 1. The SMILES string of the molecule is CCN(C(=O)c1ccc(F)cc1C#CCN)C1CC1. The normalized spacial score (nSPS) is 13.6. The second-order valence-corrected chi connectivity index (χ2v) is 4.52. The molecular formula is C15H17FN2O. The summed E-state index contributed by atoms with van der Waals surface area (Å²) in [7, 11) is 0. The van der Waals surface area contributed by atoms with E-state index in [2.05, 4.69) is 11.8 Å². The van der Waals surface area contributed by atoms with Gasteiger partial charge in [-0.25, -0.2) is 4.39 Å². The first-order valence-corrected chi connectivity index (χ1v) is 6.46. The summed E-state index contributed by atoms with van der Waals surface area (Å²) in [6, 6.07) is 4.42. The predicted molar refractivity (Wildman–Crippen MR) is 72.1 cm³/mol. The molecule has 2 N–H and O–H groups in total. The summed E-state index contributed by atoms with van der Waals surface area (Å²) in [5.41, 5.74) is 6.19. The van der Waals surface area contributed by atoms with Crippen LogP contribution in [0.2, 0.25) is 0 Å². The molecule has 0 atom stereocenters. The summed E-state index contributed by atoms with van der Waals surface area (Å²) in [5.74, 6) is 4.97. The number of benzene rings is 1. The molecule has 0 bridgehead atoms. The van der Waals surface area contributed by atoms with Gasteiger partial charge in [-0.2, -0.15) is 0 Å². The average Bonchev–Trinajstić information content (AvgIpc) is 3.21. The molecule has 0 aliphatic heterocycles. The van der Waals surface area contributed by atoms with Crippen LogP contribution in [0.25, 0.3) is 0 Å². The molecule has 100 valence electrons. The van der Waals surface area contributed by atoms with Crippen molar-refractivity contribution >= 4 is 5.91 Å². The maximum atomic E-state index is 13.3. The third kappa shape index (κ3) is 3.12. The first-order valence-electron chi connectivity index (χ1n) is 6.46. The Morgan fingerprint density at radius 3 is 2.84 bits per heavy atom. The Morgan fingerprint density at radius 2 is 2.26 bits per heavy atom. The van der Waals surface area contributed by atoms with Gasteiger partial charge in [0.25, 0.3) is 5.91 Å². The molecule has 0 unspecified atom stereocenters. The zero-order chi connectivity index (χ0) is 13.8. The third-order valence-electron chi connectivity index (χ3n) is 3.13. The molecule has 1 aromatic carbocycles. The highest BCUT2D eigenvalue weighted by Gasteiger charge is 2.32. The van der Waals surface area contributed by atoms with Crippen LogP contribution < -0.4 is 5.73 Å². The monoisotopic (exact) mass is 260 g/mol. The molecule has 0 spiro atoms. The number of hydrogen-bond donors (Lipinski definition) is 1. The van der Waals surface area contributed by atoms with Crippen LogP contribution in [0.5, 0.6) is 0 Å². The van der Waals surface area contributed by atoms with Gasteiger partial charge in [0.2, 0.25) is 0 Å². The Hall–Kier alpha value is -1.86. The van der Waals surface area contributed by atoms with Crippen molar-refractivity contribution < 1.29 is 9.18 Å². The van der Waals surface area contributed by atoms with E-state index in [0.717, 1.165) is 12.8 Å². The van der Waals surface area contributed by atoms with Gasteiger partial charge in [-0.15, -0.1) is 0 Å². The molecule has 4 heteroatoms. The lowest BCUT2D eigenvalue weighted by atomic mass is 10.1. The maximum absolute atomic E-state index is 13.3. The molecule has 0 heterocycles. The molecule has 1 fully saturated rings. The van der Waals surface area contributed by atoms with Gasteiger partial charge in [0, 0.05) is 18.2 Å². The van der Waals surface area contributed by atoms with Crippen molar-refractivity contribution in [1.82, 2.24) is 4.90 Å². The lowest BCUT2D eigenvalue weighted by molar-refractivity contribution is 0.0752. The molecule has 3 nitrogen and oxygen atoms in total. The highest BCUT2D eigenvalue weighted by Crippen LogP contribution is 2.28. The molecular weight excluding hydrogens is 243 g/mol. The predicted octanol–water partition coefficient (Wildman–Crippen LogP) is 1.76. The van der Waals surface area contributed by atoms with Crippen molar-refractivity contribution in [3.8, 4) is 11.8 Å². The number of nitrogens with two attached hydrogens (primary N) is 1. The van der Waals surface area contributed by atoms with Crippen LogP contribution in [-0.2, 0) is 0 Å². The molecule has 0 aromatic heterocycles. The van der Waals surface area contributed by atoms with Crippen molar-refractivity contribution in [2.75, 3.05) is 13.1 Å². The average molecular weight is 260 g/mol. The summed E-state index contributed by atoms with van der Waals surface area (Å²) in [6.45, 7) is 2.79. The highest BCUT2D eigenvalue weighted by molar-refractivity contribution is 5.97.